The van der Waals surface area contributed by atoms with Gasteiger partial charge in [0.15, 0.2) is 6.20 Å². The van der Waals surface area contributed by atoms with Gasteiger partial charge in [0.2, 0.25) is 11.6 Å². The van der Waals surface area contributed by atoms with Crippen molar-refractivity contribution in [2.45, 2.75) is 161 Å². The molecule has 0 aliphatic carbocycles. The third-order valence-electron chi connectivity index (χ3n) is 8.78. The number of Topliss-reactive ketones (excluding diaryl/α,β-unsaturated/α-hetero) is 1. The number of carbonyl (C=O) groups excluding carboxylic acids is 4. The Labute approximate surface area is 300 Å². The summed E-state index contributed by atoms with van der Waals surface area (Å²) < 4.78 is 13.4. The molecule has 2 heterocycles. The Morgan fingerprint density at radius 1 is 0.896 bits per heavy atom. The fraction of sp³-hybridized carbons (Fsp3) is 0.757. The molecule has 1 fully saturated rings. The predicted octanol–water partition coefficient (Wildman–Crippen LogP) is 5.30. The van der Waals surface area contributed by atoms with E-state index in [4.69, 9.17) is 9.47 Å². The molecule has 274 valence electrons. The highest BCUT2D eigenvalue weighted by Gasteiger charge is 2.31. The maximum absolute atomic E-state index is 12.9. The minimum Gasteiger partial charge on any atom is -1.00 e. The minimum absolute atomic E-state index is 0. The molecule has 0 unspecified atom stereocenters. The molecule has 2 rings (SSSR count). The van der Waals surface area contributed by atoms with Crippen LogP contribution in [0.1, 0.15) is 142 Å². The molecule has 1 aliphatic heterocycles. The molecule has 11 heteroatoms. The third kappa shape index (κ3) is 19.7. The van der Waals surface area contributed by atoms with E-state index in [9.17, 15) is 19.2 Å². The van der Waals surface area contributed by atoms with E-state index in [1.165, 1.54) is 95.7 Å². The second kappa shape index (κ2) is 27.6. The van der Waals surface area contributed by atoms with E-state index in [2.05, 4.69) is 5.32 Å². The number of rotatable bonds is 24. The summed E-state index contributed by atoms with van der Waals surface area (Å²) in [5.41, 5.74) is 0.837. The van der Waals surface area contributed by atoms with Crippen molar-refractivity contribution < 1.29 is 45.6 Å². The molecule has 3 amide bonds. The smallest absolute Gasteiger partial charge is 0.417 e. The van der Waals surface area contributed by atoms with Gasteiger partial charge in [0.1, 0.15) is 31.6 Å². The Morgan fingerprint density at radius 2 is 1.48 bits per heavy atom. The lowest BCUT2D eigenvalue weighted by Crippen LogP contribution is -3.00. The molecule has 0 radical (unpaired) electrons. The van der Waals surface area contributed by atoms with Gasteiger partial charge in [-0.3, -0.25) is 9.59 Å². The molecule has 1 N–H and O–H groups in total. The third-order valence-corrected chi connectivity index (χ3v) is 9.98. The predicted molar refractivity (Wildman–Crippen MR) is 188 cm³/mol. The number of nitrogens with one attached hydrogen (secondary N) is 1. The molecular weight excluding hydrogens is 650 g/mol. The quantitative estimate of drug-likeness (QED) is 0.115. The number of aryl methyl sites for hydroxylation is 1. The van der Waals surface area contributed by atoms with E-state index < -0.39 is 12.2 Å². The Morgan fingerprint density at radius 3 is 2.04 bits per heavy atom. The molecule has 2 atom stereocenters. The van der Waals surface area contributed by atoms with Gasteiger partial charge >= 0.3 is 6.09 Å². The summed E-state index contributed by atoms with van der Waals surface area (Å²) in [6.07, 6.45) is 21.9. The molecule has 48 heavy (non-hydrogen) atoms. The maximum atomic E-state index is 12.9. The Hall–Kier alpha value is -2.17. The van der Waals surface area contributed by atoms with Gasteiger partial charge < -0.3 is 32.0 Å². The fourth-order valence-electron chi connectivity index (χ4n) is 5.93. The highest BCUT2D eigenvalue weighted by molar-refractivity contribution is 8.14. The van der Waals surface area contributed by atoms with Crippen LogP contribution in [0.25, 0.3) is 0 Å². The van der Waals surface area contributed by atoms with Crippen LogP contribution in [0.4, 0.5) is 9.59 Å². The monoisotopic (exact) mass is 711 g/mol. The van der Waals surface area contributed by atoms with Crippen molar-refractivity contribution in [2.75, 3.05) is 19.8 Å². The molecule has 1 aromatic heterocycles. The molecule has 1 aliphatic rings. The zero-order valence-electron chi connectivity index (χ0n) is 29.9. The van der Waals surface area contributed by atoms with E-state index in [1.807, 2.05) is 35.9 Å². The topological polar surface area (TPSA) is 106 Å². The summed E-state index contributed by atoms with van der Waals surface area (Å²) in [6.45, 7) is 7.12. The van der Waals surface area contributed by atoms with Crippen LogP contribution in [0.2, 0.25) is 0 Å². The number of hydrogen-bond donors (Lipinski definition) is 1. The SMILES string of the molecule is CC[n+]1ccccc1CN(C(C)=O)C(=O)OC[C@@H]1OCCC[C@@H]1SC(=O)NCCCCCCCCCCCCCCCCCC(C)=O.[Cl-]. The lowest BCUT2D eigenvalue weighted by Gasteiger charge is -2.30. The van der Waals surface area contributed by atoms with Crippen LogP contribution in [-0.4, -0.2) is 59.0 Å². The number of hydrogen-bond acceptors (Lipinski definition) is 7. The summed E-state index contributed by atoms with van der Waals surface area (Å²) in [7, 11) is 0. The first-order valence-electron chi connectivity index (χ1n) is 18.3. The van der Waals surface area contributed by atoms with Crippen LogP contribution in [-0.2, 0) is 32.2 Å². The largest absolute Gasteiger partial charge is 1.00 e. The number of imide groups is 1. The van der Waals surface area contributed by atoms with Gasteiger partial charge in [-0.15, -0.1) is 0 Å². The summed E-state index contributed by atoms with van der Waals surface area (Å²) in [5.74, 6) is -0.0717. The van der Waals surface area contributed by atoms with Crippen LogP contribution in [0.3, 0.4) is 0 Å². The number of nitrogens with zero attached hydrogens (tertiary/aromatic N) is 2. The lowest BCUT2D eigenvalue weighted by molar-refractivity contribution is -0.701. The fourth-order valence-corrected chi connectivity index (χ4v) is 6.98. The zero-order valence-corrected chi connectivity index (χ0v) is 31.4. The number of aromatic nitrogens is 1. The van der Waals surface area contributed by atoms with Gasteiger partial charge in [-0.2, -0.15) is 0 Å². The van der Waals surface area contributed by atoms with Crippen molar-refractivity contribution in [3.8, 4) is 0 Å². The van der Waals surface area contributed by atoms with E-state index in [-0.39, 0.29) is 42.0 Å². The molecule has 0 saturated carbocycles. The van der Waals surface area contributed by atoms with Gasteiger partial charge in [-0.05, 0) is 39.5 Å². The van der Waals surface area contributed by atoms with E-state index >= 15 is 0 Å². The molecule has 0 aromatic carbocycles. The van der Waals surface area contributed by atoms with Crippen molar-refractivity contribution in [3.05, 3.63) is 30.1 Å². The number of carbonyl (C=O) groups is 4. The lowest BCUT2D eigenvalue weighted by atomic mass is 10.0. The van der Waals surface area contributed by atoms with Crippen LogP contribution >= 0.6 is 11.8 Å². The van der Waals surface area contributed by atoms with Gasteiger partial charge in [-0.1, -0.05) is 101 Å². The van der Waals surface area contributed by atoms with Crippen LogP contribution in [0.5, 0.6) is 0 Å². The van der Waals surface area contributed by atoms with Crippen molar-refractivity contribution >= 4 is 34.8 Å². The Balaban J connectivity index is 0.0000115. The van der Waals surface area contributed by atoms with Crippen molar-refractivity contribution in [2.24, 2.45) is 0 Å². The van der Waals surface area contributed by atoms with E-state index in [1.54, 1.807) is 6.92 Å². The molecule has 1 aromatic rings. The van der Waals surface area contributed by atoms with Gasteiger partial charge in [0.05, 0.1) is 0 Å². The Kier molecular flexibility index (Phi) is 25.2. The second-order valence-electron chi connectivity index (χ2n) is 12.8. The van der Waals surface area contributed by atoms with Crippen LogP contribution in [0.15, 0.2) is 24.4 Å². The summed E-state index contributed by atoms with van der Waals surface area (Å²) >= 11 is 1.23. The summed E-state index contributed by atoms with van der Waals surface area (Å²) in [6, 6.07) is 5.68. The zero-order chi connectivity index (χ0) is 34.1. The van der Waals surface area contributed by atoms with Gasteiger partial charge in [0, 0.05) is 43.9 Å². The average Bonchev–Trinajstić information content (AvgIpc) is 3.06. The number of unbranched alkanes of at least 4 members (excludes halogenated alkanes) is 14. The number of pyridine rings is 1. The number of thioether (sulfide) groups is 1. The van der Waals surface area contributed by atoms with E-state index in [0.717, 1.165) is 55.7 Å². The summed E-state index contributed by atoms with van der Waals surface area (Å²) in [4.78, 5) is 49.9. The molecule has 0 spiro atoms. The summed E-state index contributed by atoms with van der Waals surface area (Å²) in [5, 5.41) is 2.86. The minimum atomic E-state index is -0.702. The highest BCUT2D eigenvalue weighted by Crippen LogP contribution is 2.27. The van der Waals surface area contributed by atoms with Crippen molar-refractivity contribution in [1.29, 1.82) is 0 Å². The normalized spacial score (nSPS) is 15.7. The maximum Gasteiger partial charge on any atom is 0.417 e. The molecule has 1 saturated heterocycles. The number of ether oxygens (including phenoxy) is 2. The molecule has 9 nitrogen and oxygen atoms in total. The van der Waals surface area contributed by atoms with Gasteiger partial charge in [-0.25, -0.2) is 14.3 Å². The average molecular weight is 712 g/mol. The first kappa shape index (κ1) is 43.9. The van der Waals surface area contributed by atoms with Crippen molar-refractivity contribution in [3.63, 3.8) is 0 Å². The first-order valence-corrected chi connectivity index (χ1v) is 19.2. The Bertz CT molecular complexity index is 1060. The molecule has 0 bridgehead atoms. The number of halogens is 1. The van der Waals surface area contributed by atoms with E-state index in [0.29, 0.717) is 18.9 Å². The standard InChI is InChI=1S/C37H61N3O6S.ClH/c1-4-39-27-21-19-24-33(39)29-40(32(3)42)37(44)46-30-34-35(25-22-28-45-34)47-36(43)38-26-20-17-15-13-11-9-7-5-6-8-10-12-14-16-18-23-31(2)41;/h19,21,24,27,34-35H,4-18,20,22-23,25-26,28-30H2,1-3H3;1H/t34-,35-;/m0./s1. The number of ketones is 1. The first-order chi connectivity index (χ1) is 22.8. The second-order valence-corrected chi connectivity index (χ2v) is 14.0. The highest BCUT2D eigenvalue weighted by atomic mass is 35.5. The van der Waals surface area contributed by atoms with Gasteiger partial charge in [0.25, 0.3) is 5.24 Å². The molecular formula is C37H62ClN3O6S. The number of amides is 3. The van der Waals surface area contributed by atoms with Crippen LogP contribution in [0, 0.1) is 0 Å². The van der Waals surface area contributed by atoms with Crippen molar-refractivity contribution in [1.82, 2.24) is 10.2 Å². The van der Waals surface area contributed by atoms with Crippen LogP contribution < -0.4 is 22.3 Å².